The molecule has 27 heavy (non-hydrogen) atoms. The molecule has 0 aliphatic heterocycles. The summed E-state index contributed by atoms with van der Waals surface area (Å²) in [5, 5.41) is 2.81. The first-order chi connectivity index (χ1) is 12.7. The third kappa shape index (κ3) is 5.62. The van der Waals surface area contributed by atoms with E-state index in [0.717, 1.165) is 11.8 Å². The molecule has 0 fully saturated rings. The van der Waals surface area contributed by atoms with Crippen molar-refractivity contribution in [1.82, 2.24) is 0 Å². The molecule has 2 aromatic rings. The second-order valence-electron chi connectivity index (χ2n) is 6.01. The first kappa shape index (κ1) is 20.6. The Labute approximate surface area is 160 Å². The largest absolute Gasteiger partial charge is 0.493 e. The van der Waals surface area contributed by atoms with Gasteiger partial charge in [-0.2, -0.15) is 0 Å². The number of ether oxygens (including phenoxy) is 2. The number of hydrogen-bond donors (Lipinski definition) is 1. The maximum absolute atomic E-state index is 12.2. The Hall–Kier alpha value is -2.74. The van der Waals surface area contributed by atoms with Crippen molar-refractivity contribution < 1.29 is 22.7 Å². The second-order valence-corrected chi connectivity index (χ2v) is 8.03. The van der Waals surface area contributed by atoms with E-state index in [1.807, 2.05) is 18.2 Å². The summed E-state index contributed by atoms with van der Waals surface area (Å²) >= 11 is 0. The van der Waals surface area contributed by atoms with Crippen molar-refractivity contribution in [2.45, 2.75) is 12.8 Å². The van der Waals surface area contributed by atoms with Gasteiger partial charge in [0.1, 0.15) is 0 Å². The molecule has 0 bridgehead atoms. The van der Waals surface area contributed by atoms with Crippen LogP contribution in [0.2, 0.25) is 0 Å². The molecule has 0 atom stereocenters. The molecule has 7 nitrogen and oxygen atoms in total. The van der Waals surface area contributed by atoms with Crippen LogP contribution in [0.25, 0.3) is 0 Å². The fraction of sp³-hybridized carbons (Fsp3) is 0.316. The van der Waals surface area contributed by atoms with Crippen LogP contribution >= 0.6 is 0 Å². The molecule has 2 aromatic carbocycles. The number of hydrogen-bond acceptors (Lipinski definition) is 5. The Morgan fingerprint density at radius 2 is 1.67 bits per heavy atom. The van der Waals surface area contributed by atoms with Gasteiger partial charge in [0.2, 0.25) is 15.9 Å². The molecule has 0 unspecified atom stereocenters. The number of anilines is 2. The van der Waals surface area contributed by atoms with Crippen LogP contribution in [0.1, 0.15) is 12.0 Å². The van der Waals surface area contributed by atoms with Gasteiger partial charge in [-0.05, 0) is 48.4 Å². The summed E-state index contributed by atoms with van der Waals surface area (Å²) in [4.78, 5) is 12.2. The quantitative estimate of drug-likeness (QED) is 0.747. The summed E-state index contributed by atoms with van der Waals surface area (Å²) in [6.45, 7) is 0. The van der Waals surface area contributed by atoms with Gasteiger partial charge >= 0.3 is 0 Å². The number of rotatable bonds is 8. The van der Waals surface area contributed by atoms with Crippen LogP contribution in [0.3, 0.4) is 0 Å². The van der Waals surface area contributed by atoms with E-state index in [4.69, 9.17) is 9.47 Å². The molecule has 0 heterocycles. The van der Waals surface area contributed by atoms with Crippen molar-refractivity contribution in [3.05, 3.63) is 48.0 Å². The van der Waals surface area contributed by atoms with Crippen molar-refractivity contribution in [3.8, 4) is 11.5 Å². The predicted octanol–water partition coefficient (Wildman–Crippen LogP) is 2.67. The number of nitrogens with zero attached hydrogens (tertiary/aromatic N) is 1. The molecule has 1 amide bonds. The van der Waals surface area contributed by atoms with Crippen LogP contribution in [-0.2, 0) is 21.2 Å². The molecular weight excluding hydrogens is 368 g/mol. The summed E-state index contributed by atoms with van der Waals surface area (Å²) in [6, 6.07) is 12.2. The van der Waals surface area contributed by atoms with Crippen LogP contribution < -0.4 is 19.1 Å². The highest BCUT2D eigenvalue weighted by Crippen LogP contribution is 2.28. The lowest BCUT2D eigenvalue weighted by molar-refractivity contribution is -0.116. The van der Waals surface area contributed by atoms with Gasteiger partial charge in [-0.3, -0.25) is 9.10 Å². The molecule has 0 aliphatic carbocycles. The van der Waals surface area contributed by atoms with E-state index in [-0.39, 0.29) is 5.91 Å². The Balaban J connectivity index is 1.94. The first-order valence-corrected chi connectivity index (χ1v) is 10.1. The van der Waals surface area contributed by atoms with E-state index >= 15 is 0 Å². The molecular formula is C19H24N2O5S. The highest BCUT2D eigenvalue weighted by Gasteiger charge is 2.12. The minimum Gasteiger partial charge on any atom is -0.493 e. The van der Waals surface area contributed by atoms with Crippen molar-refractivity contribution >= 4 is 27.3 Å². The predicted molar refractivity (Wildman–Crippen MR) is 106 cm³/mol. The standard InChI is InChI=1S/C19H24N2O5S/c1-21(27(4,23)24)16-9-7-15(8-10-16)20-19(22)12-6-14-5-11-17(25-2)18(13-14)26-3/h5,7-11,13H,6,12H2,1-4H3,(H,20,22). The highest BCUT2D eigenvalue weighted by atomic mass is 32.2. The fourth-order valence-corrected chi connectivity index (χ4v) is 2.97. The Kier molecular flexibility index (Phi) is 6.68. The van der Waals surface area contributed by atoms with E-state index < -0.39 is 10.0 Å². The third-order valence-electron chi connectivity index (χ3n) is 4.10. The number of benzene rings is 2. The molecule has 1 N–H and O–H groups in total. The van der Waals surface area contributed by atoms with Gasteiger partial charge in [0.05, 0.1) is 26.2 Å². The Morgan fingerprint density at radius 3 is 2.22 bits per heavy atom. The number of sulfonamides is 1. The monoisotopic (exact) mass is 392 g/mol. The van der Waals surface area contributed by atoms with Crippen LogP contribution in [0.5, 0.6) is 11.5 Å². The maximum atomic E-state index is 12.2. The summed E-state index contributed by atoms with van der Waals surface area (Å²) in [7, 11) is 1.31. The van der Waals surface area contributed by atoms with Gasteiger partial charge in [0.25, 0.3) is 0 Å². The molecule has 0 spiro atoms. The third-order valence-corrected chi connectivity index (χ3v) is 5.31. The fourth-order valence-electron chi connectivity index (χ4n) is 2.46. The molecule has 8 heteroatoms. The van der Waals surface area contributed by atoms with Crippen molar-refractivity contribution in [2.75, 3.05) is 37.1 Å². The minimum atomic E-state index is -3.32. The second kappa shape index (κ2) is 8.77. The van der Waals surface area contributed by atoms with Gasteiger partial charge < -0.3 is 14.8 Å². The van der Waals surface area contributed by atoms with E-state index in [2.05, 4.69) is 5.32 Å². The van der Waals surface area contributed by atoms with Crippen molar-refractivity contribution in [1.29, 1.82) is 0 Å². The highest BCUT2D eigenvalue weighted by molar-refractivity contribution is 7.92. The SMILES string of the molecule is COc1ccc(CCC(=O)Nc2ccc(N(C)S(C)(=O)=O)cc2)cc1OC. The van der Waals surface area contributed by atoms with Gasteiger partial charge in [-0.25, -0.2) is 8.42 Å². The zero-order valence-electron chi connectivity index (χ0n) is 15.9. The number of nitrogens with one attached hydrogen (secondary N) is 1. The average molecular weight is 392 g/mol. The molecule has 2 rings (SSSR count). The van der Waals surface area contributed by atoms with E-state index in [1.165, 1.54) is 11.4 Å². The lowest BCUT2D eigenvalue weighted by Crippen LogP contribution is -2.24. The Bertz CT molecular complexity index is 895. The van der Waals surface area contributed by atoms with Crippen molar-refractivity contribution in [3.63, 3.8) is 0 Å². The first-order valence-electron chi connectivity index (χ1n) is 8.29. The van der Waals surface area contributed by atoms with Crippen LogP contribution in [0.4, 0.5) is 11.4 Å². The summed E-state index contributed by atoms with van der Waals surface area (Å²) in [5.74, 6) is 1.14. The molecule has 0 saturated heterocycles. The smallest absolute Gasteiger partial charge is 0.231 e. The maximum Gasteiger partial charge on any atom is 0.231 e. The normalized spacial score (nSPS) is 11.0. The number of carbonyl (C=O) groups excluding carboxylic acids is 1. The van der Waals surface area contributed by atoms with Crippen LogP contribution in [0.15, 0.2) is 42.5 Å². The summed E-state index contributed by atoms with van der Waals surface area (Å²) in [5.41, 5.74) is 2.10. The zero-order chi connectivity index (χ0) is 20.0. The molecule has 146 valence electrons. The summed E-state index contributed by atoms with van der Waals surface area (Å²) < 4.78 is 34.7. The number of aryl methyl sites for hydroxylation is 1. The van der Waals surface area contributed by atoms with Crippen molar-refractivity contribution in [2.24, 2.45) is 0 Å². The molecule has 0 saturated carbocycles. The zero-order valence-corrected chi connectivity index (χ0v) is 16.7. The van der Waals surface area contributed by atoms with Gasteiger partial charge in [0, 0.05) is 19.2 Å². The lowest BCUT2D eigenvalue weighted by atomic mass is 10.1. The number of methoxy groups -OCH3 is 2. The minimum absolute atomic E-state index is 0.131. The van der Waals surface area contributed by atoms with E-state index in [1.54, 1.807) is 38.5 Å². The van der Waals surface area contributed by atoms with Gasteiger partial charge in [0.15, 0.2) is 11.5 Å². The van der Waals surface area contributed by atoms with Crippen LogP contribution in [-0.4, -0.2) is 41.8 Å². The molecule has 0 aliphatic rings. The topological polar surface area (TPSA) is 84.9 Å². The Morgan fingerprint density at radius 1 is 1.04 bits per heavy atom. The van der Waals surface area contributed by atoms with Gasteiger partial charge in [-0.1, -0.05) is 6.07 Å². The average Bonchev–Trinajstić information content (AvgIpc) is 2.65. The van der Waals surface area contributed by atoms with E-state index in [0.29, 0.717) is 35.7 Å². The molecule has 0 radical (unpaired) electrons. The lowest BCUT2D eigenvalue weighted by Gasteiger charge is -2.16. The summed E-state index contributed by atoms with van der Waals surface area (Å²) in [6.07, 6.45) is 2.00. The number of carbonyl (C=O) groups is 1. The van der Waals surface area contributed by atoms with Gasteiger partial charge in [-0.15, -0.1) is 0 Å². The van der Waals surface area contributed by atoms with Crippen LogP contribution in [0, 0.1) is 0 Å². The van der Waals surface area contributed by atoms with E-state index in [9.17, 15) is 13.2 Å². The molecule has 0 aromatic heterocycles. The number of amides is 1.